The molecule has 1 heterocycles. The van der Waals surface area contributed by atoms with Gasteiger partial charge in [-0.15, -0.1) is 0 Å². The second-order valence-electron chi connectivity index (χ2n) is 6.31. The van der Waals surface area contributed by atoms with E-state index < -0.39 is 11.9 Å². The average Bonchev–Trinajstić information content (AvgIpc) is 3.26. The van der Waals surface area contributed by atoms with Crippen molar-refractivity contribution in [3.63, 3.8) is 0 Å². The fourth-order valence-electron chi connectivity index (χ4n) is 2.52. The zero-order chi connectivity index (χ0) is 22.9. The van der Waals surface area contributed by atoms with Gasteiger partial charge >= 0.3 is 5.97 Å². The number of hydrazone groups is 1. The minimum absolute atomic E-state index is 0.0275. The summed E-state index contributed by atoms with van der Waals surface area (Å²) in [6.07, 6.45) is 1.44. The van der Waals surface area contributed by atoms with E-state index in [1.807, 2.05) is 0 Å². The van der Waals surface area contributed by atoms with E-state index in [0.717, 1.165) is 0 Å². The maximum atomic E-state index is 11.9. The number of ether oxygens (including phenoxy) is 3. The van der Waals surface area contributed by atoms with Crippen LogP contribution >= 0.6 is 11.6 Å². The molecule has 0 saturated heterocycles. The van der Waals surface area contributed by atoms with Crippen LogP contribution in [-0.4, -0.2) is 36.9 Å². The molecule has 9 nitrogen and oxygen atoms in total. The Bertz CT molecular complexity index is 1130. The van der Waals surface area contributed by atoms with Gasteiger partial charge in [-0.3, -0.25) is 4.79 Å². The molecule has 32 heavy (non-hydrogen) atoms. The number of halogens is 1. The summed E-state index contributed by atoms with van der Waals surface area (Å²) in [6.45, 7) is -0.191. The minimum atomic E-state index is -1.15. The van der Waals surface area contributed by atoms with Crippen molar-refractivity contribution in [2.75, 3.05) is 13.7 Å². The summed E-state index contributed by atoms with van der Waals surface area (Å²) in [4.78, 5) is 22.7. The Kier molecular flexibility index (Phi) is 7.71. The van der Waals surface area contributed by atoms with Crippen LogP contribution in [0.2, 0.25) is 5.02 Å². The van der Waals surface area contributed by atoms with Gasteiger partial charge in [0.15, 0.2) is 18.1 Å². The molecule has 0 unspecified atom stereocenters. The van der Waals surface area contributed by atoms with Gasteiger partial charge in [0.05, 0.1) is 13.3 Å². The lowest BCUT2D eigenvalue weighted by atomic mass is 10.2. The van der Waals surface area contributed by atoms with Crippen molar-refractivity contribution in [2.24, 2.45) is 5.10 Å². The smallest absolute Gasteiger partial charge is 0.371 e. The van der Waals surface area contributed by atoms with Gasteiger partial charge in [0.1, 0.15) is 18.1 Å². The molecule has 0 aliphatic carbocycles. The van der Waals surface area contributed by atoms with Gasteiger partial charge < -0.3 is 23.7 Å². The van der Waals surface area contributed by atoms with Gasteiger partial charge in [-0.05, 0) is 54.1 Å². The standard InChI is InChI=1S/C22H19ClN2O7/c1-29-20-9-14(5-7-18(20)31-12-17-6-8-19(32-17)22(27)28)11-24-25-21(26)13-30-16-4-2-3-15(23)10-16/h2-11H,12-13H2,1H3,(H,25,26)(H,27,28). The lowest BCUT2D eigenvalue weighted by Crippen LogP contribution is -2.24. The van der Waals surface area contributed by atoms with Crippen LogP contribution in [0, 0.1) is 0 Å². The zero-order valence-corrected chi connectivity index (χ0v) is 17.7. The summed E-state index contributed by atoms with van der Waals surface area (Å²) < 4.78 is 21.4. The SMILES string of the molecule is COc1cc(C=NNC(=O)COc2cccc(Cl)c2)ccc1OCc1ccc(C(=O)O)o1. The van der Waals surface area contributed by atoms with Crippen molar-refractivity contribution in [1.29, 1.82) is 0 Å². The van der Waals surface area contributed by atoms with Crippen LogP contribution in [0.1, 0.15) is 21.9 Å². The molecule has 10 heteroatoms. The van der Waals surface area contributed by atoms with E-state index in [0.29, 0.717) is 33.6 Å². The molecule has 0 aliphatic rings. The number of hydrogen-bond acceptors (Lipinski definition) is 7. The first kappa shape index (κ1) is 22.7. The predicted molar refractivity (Wildman–Crippen MR) is 116 cm³/mol. The average molecular weight is 459 g/mol. The zero-order valence-electron chi connectivity index (χ0n) is 16.9. The molecule has 2 N–H and O–H groups in total. The first-order chi connectivity index (χ1) is 15.4. The van der Waals surface area contributed by atoms with Gasteiger partial charge in [0.25, 0.3) is 5.91 Å². The quantitative estimate of drug-likeness (QED) is 0.350. The third kappa shape index (κ3) is 6.51. The molecule has 0 radical (unpaired) electrons. The highest BCUT2D eigenvalue weighted by Crippen LogP contribution is 2.28. The summed E-state index contributed by atoms with van der Waals surface area (Å²) in [5.41, 5.74) is 3.02. The molecule has 0 bridgehead atoms. The van der Waals surface area contributed by atoms with Crippen LogP contribution in [0.3, 0.4) is 0 Å². The Morgan fingerprint density at radius 2 is 1.97 bits per heavy atom. The van der Waals surface area contributed by atoms with Crippen LogP contribution in [0.25, 0.3) is 0 Å². The van der Waals surface area contributed by atoms with E-state index in [2.05, 4.69) is 10.5 Å². The highest BCUT2D eigenvalue weighted by Gasteiger charge is 2.11. The van der Waals surface area contributed by atoms with E-state index in [9.17, 15) is 9.59 Å². The lowest BCUT2D eigenvalue weighted by Gasteiger charge is -2.10. The molecule has 0 fully saturated rings. The number of carboxylic acid groups (broad SMARTS) is 1. The van der Waals surface area contributed by atoms with Crippen LogP contribution < -0.4 is 19.6 Å². The highest BCUT2D eigenvalue weighted by molar-refractivity contribution is 6.30. The Hall–Kier alpha value is -3.98. The van der Waals surface area contributed by atoms with Crippen LogP contribution in [-0.2, 0) is 11.4 Å². The number of methoxy groups -OCH3 is 1. The van der Waals surface area contributed by atoms with E-state index in [1.54, 1.807) is 42.5 Å². The summed E-state index contributed by atoms with van der Waals surface area (Å²) in [5, 5.41) is 13.3. The van der Waals surface area contributed by atoms with Crippen molar-refractivity contribution >= 4 is 29.7 Å². The van der Waals surface area contributed by atoms with Crippen molar-refractivity contribution in [1.82, 2.24) is 5.43 Å². The Balaban J connectivity index is 1.52. The molecule has 3 aromatic rings. The van der Waals surface area contributed by atoms with Gasteiger partial charge in [-0.2, -0.15) is 5.10 Å². The number of carbonyl (C=O) groups is 2. The number of amides is 1. The molecule has 0 spiro atoms. The number of aromatic carboxylic acids is 1. The lowest BCUT2D eigenvalue weighted by molar-refractivity contribution is -0.123. The Morgan fingerprint density at radius 3 is 2.69 bits per heavy atom. The second kappa shape index (κ2) is 10.9. The summed E-state index contributed by atoms with van der Waals surface area (Å²) in [6, 6.07) is 14.6. The Labute approximate surface area is 188 Å². The summed E-state index contributed by atoms with van der Waals surface area (Å²) in [7, 11) is 1.48. The third-order valence-corrected chi connectivity index (χ3v) is 4.23. The second-order valence-corrected chi connectivity index (χ2v) is 6.75. The normalized spacial score (nSPS) is 10.7. The number of hydrogen-bond donors (Lipinski definition) is 2. The number of benzene rings is 2. The van der Waals surface area contributed by atoms with Crippen molar-refractivity contribution < 1.29 is 33.3 Å². The molecular weight excluding hydrogens is 440 g/mol. The van der Waals surface area contributed by atoms with Crippen LogP contribution in [0.4, 0.5) is 0 Å². The van der Waals surface area contributed by atoms with Gasteiger partial charge in [0, 0.05) is 5.02 Å². The van der Waals surface area contributed by atoms with Gasteiger partial charge in [0.2, 0.25) is 5.76 Å². The summed E-state index contributed by atoms with van der Waals surface area (Å²) >= 11 is 5.86. The maximum Gasteiger partial charge on any atom is 0.371 e. The Morgan fingerprint density at radius 1 is 1.12 bits per heavy atom. The summed E-state index contributed by atoms with van der Waals surface area (Å²) in [5.74, 6) is -0.0648. The number of carboxylic acids is 1. The minimum Gasteiger partial charge on any atom is -0.493 e. The molecule has 166 valence electrons. The van der Waals surface area contributed by atoms with E-state index in [-0.39, 0.29) is 19.0 Å². The van der Waals surface area contributed by atoms with E-state index >= 15 is 0 Å². The first-order valence-corrected chi connectivity index (χ1v) is 9.65. The maximum absolute atomic E-state index is 11.9. The fourth-order valence-corrected chi connectivity index (χ4v) is 2.70. The van der Waals surface area contributed by atoms with Crippen molar-refractivity contribution in [3.05, 3.63) is 76.7 Å². The molecule has 0 atom stereocenters. The molecule has 2 aromatic carbocycles. The number of nitrogens with one attached hydrogen (secondary N) is 1. The first-order valence-electron chi connectivity index (χ1n) is 9.27. The number of rotatable bonds is 10. The fraction of sp³-hybridized carbons (Fsp3) is 0.136. The van der Waals surface area contributed by atoms with Crippen molar-refractivity contribution in [3.8, 4) is 17.2 Å². The number of furan rings is 1. The molecule has 0 saturated carbocycles. The van der Waals surface area contributed by atoms with Crippen molar-refractivity contribution in [2.45, 2.75) is 6.61 Å². The molecule has 1 aromatic heterocycles. The molecule has 1 amide bonds. The monoisotopic (exact) mass is 458 g/mol. The van der Waals surface area contributed by atoms with Crippen LogP contribution in [0.5, 0.6) is 17.2 Å². The predicted octanol–water partition coefficient (Wildman–Crippen LogP) is 3.75. The molecule has 0 aliphatic heterocycles. The number of nitrogens with zero attached hydrogens (tertiary/aromatic N) is 1. The largest absolute Gasteiger partial charge is 0.493 e. The van der Waals surface area contributed by atoms with E-state index in [4.69, 9.17) is 35.3 Å². The van der Waals surface area contributed by atoms with Gasteiger partial charge in [-0.1, -0.05) is 17.7 Å². The van der Waals surface area contributed by atoms with Crippen LogP contribution in [0.15, 0.2) is 64.1 Å². The molecular formula is C22H19ClN2O7. The molecule has 3 rings (SSSR count). The topological polar surface area (TPSA) is 120 Å². The highest BCUT2D eigenvalue weighted by atomic mass is 35.5. The third-order valence-electron chi connectivity index (χ3n) is 4.00. The van der Waals surface area contributed by atoms with E-state index in [1.165, 1.54) is 25.5 Å². The van der Waals surface area contributed by atoms with Gasteiger partial charge in [-0.25, -0.2) is 10.2 Å². The number of carbonyl (C=O) groups excluding carboxylic acids is 1.